The van der Waals surface area contributed by atoms with Crippen LogP contribution in [0, 0.1) is 5.92 Å². The van der Waals surface area contributed by atoms with Gasteiger partial charge in [0.1, 0.15) is 0 Å². The van der Waals surface area contributed by atoms with Gasteiger partial charge in [0.2, 0.25) is 11.8 Å². The van der Waals surface area contributed by atoms with E-state index in [0.29, 0.717) is 24.8 Å². The number of rotatable bonds is 6. The molecule has 0 saturated carbocycles. The number of hydrogen-bond acceptors (Lipinski definition) is 5. The topological polar surface area (TPSA) is 71.5 Å². The minimum atomic E-state index is -0.350. The molecule has 2 heterocycles. The molecule has 2 aromatic carbocycles. The van der Waals surface area contributed by atoms with E-state index in [0.717, 1.165) is 16.6 Å². The van der Waals surface area contributed by atoms with E-state index >= 15 is 0 Å². The average Bonchev–Trinajstić information content (AvgIpc) is 3.32. The maximum atomic E-state index is 12.5. The zero-order valence-corrected chi connectivity index (χ0v) is 16.4. The van der Waals surface area contributed by atoms with Crippen LogP contribution >= 0.6 is 11.3 Å². The van der Waals surface area contributed by atoms with Crippen molar-refractivity contribution in [3.63, 3.8) is 0 Å². The van der Waals surface area contributed by atoms with Crippen molar-refractivity contribution in [2.24, 2.45) is 5.92 Å². The summed E-state index contributed by atoms with van der Waals surface area (Å²) in [5, 5.41) is 7.69. The molecule has 1 saturated heterocycles. The number of amides is 2. The zero-order valence-electron chi connectivity index (χ0n) is 15.6. The molecular formula is C21H21N3O3S. The van der Waals surface area contributed by atoms with Gasteiger partial charge in [-0.2, -0.15) is 0 Å². The van der Waals surface area contributed by atoms with Crippen molar-refractivity contribution >= 4 is 39.1 Å². The molecule has 1 unspecified atom stereocenters. The summed E-state index contributed by atoms with van der Waals surface area (Å²) in [4.78, 5) is 30.8. The van der Waals surface area contributed by atoms with Gasteiger partial charge in [0.25, 0.3) is 0 Å². The van der Waals surface area contributed by atoms with Crippen molar-refractivity contribution in [3.05, 3.63) is 47.8 Å². The van der Waals surface area contributed by atoms with Crippen LogP contribution < -0.4 is 5.32 Å². The Morgan fingerprint density at radius 3 is 2.93 bits per heavy atom. The van der Waals surface area contributed by atoms with E-state index in [9.17, 15) is 9.59 Å². The third-order valence-corrected chi connectivity index (χ3v) is 5.69. The van der Waals surface area contributed by atoms with Gasteiger partial charge in [-0.15, -0.1) is 11.3 Å². The summed E-state index contributed by atoms with van der Waals surface area (Å²) in [5.74, 6) is -0.516. The van der Waals surface area contributed by atoms with Gasteiger partial charge in [-0.1, -0.05) is 36.4 Å². The third-order valence-electron chi connectivity index (χ3n) is 4.93. The number of likely N-dealkylation sites (tertiary alicyclic amines) is 1. The molecule has 0 bridgehead atoms. The molecule has 1 N–H and O–H groups in total. The van der Waals surface area contributed by atoms with E-state index in [1.165, 1.54) is 16.7 Å². The fraction of sp³-hybridized carbons (Fsp3) is 0.286. The Bertz CT molecular complexity index is 1020. The number of carbonyl (C=O) groups is 2. The monoisotopic (exact) mass is 395 g/mol. The van der Waals surface area contributed by atoms with E-state index in [4.69, 9.17) is 4.74 Å². The number of nitrogens with one attached hydrogen (secondary N) is 1. The minimum absolute atomic E-state index is 0.00630. The number of anilines is 1. The number of hydrogen-bond donors (Lipinski definition) is 1. The molecule has 1 atom stereocenters. The molecule has 1 aliphatic rings. The second-order valence-electron chi connectivity index (χ2n) is 6.82. The summed E-state index contributed by atoms with van der Waals surface area (Å²) in [5.41, 5.74) is 1.84. The highest BCUT2D eigenvalue weighted by molar-refractivity contribution is 7.14. The first-order valence-electron chi connectivity index (χ1n) is 9.16. The highest BCUT2D eigenvalue weighted by Gasteiger charge is 2.34. The number of nitrogens with zero attached hydrogens (tertiary/aromatic N) is 2. The summed E-state index contributed by atoms with van der Waals surface area (Å²) in [6.07, 6.45) is 0.235. The molecule has 0 aliphatic carbocycles. The molecule has 1 aliphatic heterocycles. The van der Waals surface area contributed by atoms with Crippen LogP contribution in [0.15, 0.2) is 47.8 Å². The second kappa shape index (κ2) is 8.08. The first-order valence-corrected chi connectivity index (χ1v) is 10.0. The highest BCUT2D eigenvalue weighted by atomic mass is 32.1. The number of benzene rings is 2. The fourth-order valence-corrected chi connectivity index (χ4v) is 4.11. The summed E-state index contributed by atoms with van der Waals surface area (Å²) < 4.78 is 5.01. The number of thiazole rings is 1. The summed E-state index contributed by atoms with van der Waals surface area (Å²) >= 11 is 1.39. The average molecular weight is 395 g/mol. The Hall–Kier alpha value is -2.77. The van der Waals surface area contributed by atoms with Gasteiger partial charge >= 0.3 is 0 Å². The lowest BCUT2D eigenvalue weighted by Crippen LogP contribution is -2.30. The van der Waals surface area contributed by atoms with Gasteiger partial charge in [0.05, 0.1) is 18.2 Å². The maximum absolute atomic E-state index is 12.5. The van der Waals surface area contributed by atoms with Crippen LogP contribution in [0.3, 0.4) is 0 Å². The lowest BCUT2D eigenvalue weighted by molar-refractivity contribution is -0.128. The molecule has 7 heteroatoms. The first-order chi connectivity index (χ1) is 13.6. The van der Waals surface area contributed by atoms with Crippen molar-refractivity contribution in [1.82, 2.24) is 9.88 Å². The van der Waals surface area contributed by atoms with Crippen molar-refractivity contribution in [1.29, 1.82) is 0 Å². The molecule has 144 valence electrons. The molecular weight excluding hydrogens is 374 g/mol. The van der Waals surface area contributed by atoms with Gasteiger partial charge in [0.15, 0.2) is 5.13 Å². The largest absolute Gasteiger partial charge is 0.383 e. The third kappa shape index (κ3) is 3.90. The normalized spacial score (nSPS) is 16.7. The fourth-order valence-electron chi connectivity index (χ4n) is 3.39. The summed E-state index contributed by atoms with van der Waals surface area (Å²) in [6, 6.07) is 14.4. The molecule has 4 rings (SSSR count). The lowest BCUT2D eigenvalue weighted by atomic mass is 10.1. The van der Waals surface area contributed by atoms with E-state index < -0.39 is 0 Å². The Morgan fingerprint density at radius 1 is 1.29 bits per heavy atom. The van der Waals surface area contributed by atoms with Gasteiger partial charge in [-0.3, -0.25) is 9.59 Å². The summed E-state index contributed by atoms with van der Waals surface area (Å²) in [6.45, 7) is 1.42. The Balaban J connectivity index is 1.43. The van der Waals surface area contributed by atoms with Crippen molar-refractivity contribution in [2.45, 2.75) is 6.42 Å². The van der Waals surface area contributed by atoms with Crippen LogP contribution in [-0.2, 0) is 14.3 Å². The molecule has 1 fully saturated rings. The molecule has 3 aromatic rings. The predicted octanol–water partition coefficient (Wildman–Crippen LogP) is 3.40. The van der Waals surface area contributed by atoms with E-state index in [1.54, 1.807) is 12.0 Å². The van der Waals surface area contributed by atoms with E-state index in [1.807, 2.05) is 23.6 Å². The van der Waals surface area contributed by atoms with Crippen molar-refractivity contribution < 1.29 is 14.3 Å². The number of aromatic nitrogens is 1. The molecule has 2 amide bonds. The maximum Gasteiger partial charge on any atom is 0.231 e. The van der Waals surface area contributed by atoms with Crippen LogP contribution in [0.2, 0.25) is 0 Å². The van der Waals surface area contributed by atoms with Crippen LogP contribution in [-0.4, -0.2) is 48.5 Å². The molecule has 0 radical (unpaired) electrons. The molecule has 0 spiro atoms. The van der Waals surface area contributed by atoms with Crippen LogP contribution in [0.25, 0.3) is 22.0 Å². The second-order valence-corrected chi connectivity index (χ2v) is 7.68. The molecule has 1 aromatic heterocycles. The first kappa shape index (κ1) is 18.6. The standard InChI is InChI=1S/C21H21N3O3S/c1-27-9-8-24-12-17(11-19(24)25)20(26)23-21-22-18(13-28-21)16-7-6-14-4-2-3-5-15(14)10-16/h2-7,10,13,17H,8-9,11-12H2,1H3,(H,22,23,26). The smallest absolute Gasteiger partial charge is 0.231 e. The van der Waals surface area contributed by atoms with Crippen LogP contribution in [0.1, 0.15) is 6.42 Å². The number of ether oxygens (including phenoxy) is 1. The summed E-state index contributed by atoms with van der Waals surface area (Å²) in [7, 11) is 1.60. The van der Waals surface area contributed by atoms with Crippen LogP contribution in [0.4, 0.5) is 5.13 Å². The quantitative estimate of drug-likeness (QED) is 0.694. The van der Waals surface area contributed by atoms with E-state index in [-0.39, 0.29) is 24.2 Å². The van der Waals surface area contributed by atoms with Crippen molar-refractivity contribution in [3.8, 4) is 11.3 Å². The number of fused-ring (bicyclic) bond motifs is 1. The van der Waals surface area contributed by atoms with Gasteiger partial charge in [0, 0.05) is 37.6 Å². The highest BCUT2D eigenvalue weighted by Crippen LogP contribution is 2.28. The number of carbonyl (C=O) groups excluding carboxylic acids is 2. The van der Waals surface area contributed by atoms with E-state index in [2.05, 4.69) is 34.6 Å². The van der Waals surface area contributed by atoms with Gasteiger partial charge < -0.3 is 15.0 Å². The van der Waals surface area contributed by atoms with Gasteiger partial charge in [-0.25, -0.2) is 4.98 Å². The minimum Gasteiger partial charge on any atom is -0.383 e. The lowest BCUT2D eigenvalue weighted by Gasteiger charge is -2.15. The SMILES string of the molecule is COCCN1CC(C(=O)Nc2nc(-c3ccc4ccccc4c3)cs2)CC1=O. The van der Waals surface area contributed by atoms with Gasteiger partial charge in [-0.05, 0) is 16.8 Å². The Kier molecular flexibility index (Phi) is 5.36. The van der Waals surface area contributed by atoms with Crippen molar-refractivity contribution in [2.75, 3.05) is 32.1 Å². The Morgan fingerprint density at radius 2 is 2.11 bits per heavy atom. The molecule has 28 heavy (non-hydrogen) atoms. The number of methoxy groups -OCH3 is 1. The predicted molar refractivity (Wildman–Crippen MR) is 110 cm³/mol. The zero-order chi connectivity index (χ0) is 19.5. The Labute approximate surface area is 167 Å². The van der Waals surface area contributed by atoms with Crippen LogP contribution in [0.5, 0.6) is 0 Å². The molecule has 6 nitrogen and oxygen atoms in total.